The zero-order chi connectivity index (χ0) is 38.6. The van der Waals surface area contributed by atoms with E-state index in [9.17, 15) is 33.9 Å². The first-order valence-corrected chi connectivity index (χ1v) is 18.6. The number of hydrogen-bond acceptors (Lipinski definition) is 15. The standard InChI is InChI=1S/C32H30ClFN8O10S2/c33-20-24-15(5-17(34)25(20)40-4-3-13(35)6-40)26(45)16(7-41(24)14-1-2-14)31(50)51-8-12-10-53-29-22(28(47)42(29)23(12)30(48)49)38-27(46)21(39-52-9-19(43)44)18-11-54-32(36)37-18/h5,7,11,13-14,22,29H,1-4,6,8-10,35H2,(H2,36,37)(H,38,46)(H,43,44)(H,48,49)/b39-21-/t13?,22-,29-/m1/s1. The van der Waals surface area contributed by atoms with Gasteiger partial charge in [-0.2, -0.15) is 0 Å². The number of carbonyl (C=O) groups is 5. The highest BCUT2D eigenvalue weighted by molar-refractivity contribution is 8.00. The molecule has 4 aliphatic rings. The van der Waals surface area contributed by atoms with Crippen molar-refractivity contribution in [2.24, 2.45) is 10.9 Å². The number of oxime groups is 1. The van der Waals surface area contributed by atoms with Crippen LogP contribution in [-0.2, 0) is 28.8 Å². The third-order valence-corrected chi connectivity index (χ3v) is 11.5. The Kier molecular flexibility index (Phi) is 9.98. The van der Waals surface area contributed by atoms with Crippen molar-refractivity contribution in [2.45, 2.75) is 42.8 Å². The molecule has 1 saturated carbocycles. The Morgan fingerprint density at radius 2 is 1.94 bits per heavy atom. The molecule has 0 radical (unpaired) electrons. The van der Waals surface area contributed by atoms with Gasteiger partial charge in [0.15, 0.2) is 10.8 Å². The van der Waals surface area contributed by atoms with Crippen molar-refractivity contribution in [3.05, 3.63) is 61.2 Å². The maximum Gasteiger partial charge on any atom is 0.352 e. The SMILES string of the molecule is Nc1nc(/C(=N/OCC(=O)O)C(=O)N[C@@H]2C(=O)N3C(C(=O)O)=C(COC(=O)c4cn(C5CC5)c5c(Cl)c(N6CCC(N)C6)c(F)cc5c4=O)CS[C@H]23)cs1. The number of nitrogen functional groups attached to an aromatic ring is 1. The number of nitrogens with zero attached hydrogens (tertiary/aromatic N) is 5. The molecule has 22 heteroatoms. The minimum absolute atomic E-state index is 0.0321. The number of anilines is 2. The number of nitrogens with two attached hydrogens (primary N) is 2. The first-order valence-electron chi connectivity index (χ1n) is 16.3. The summed E-state index contributed by atoms with van der Waals surface area (Å²) in [6.07, 6.45) is 3.43. The van der Waals surface area contributed by atoms with E-state index in [2.05, 4.69) is 15.5 Å². The zero-order valence-corrected chi connectivity index (χ0v) is 30.2. The summed E-state index contributed by atoms with van der Waals surface area (Å²) in [6.45, 7) is -0.604. The number of carbonyl (C=O) groups excluding carboxylic acids is 3. The molecule has 284 valence electrons. The van der Waals surface area contributed by atoms with Crippen LogP contribution >= 0.6 is 34.7 Å². The molecule has 2 saturated heterocycles. The Morgan fingerprint density at radius 1 is 1.19 bits per heavy atom. The minimum atomic E-state index is -1.51. The summed E-state index contributed by atoms with van der Waals surface area (Å²) < 4.78 is 22.7. The average Bonchev–Trinajstić information content (AvgIpc) is 3.75. The van der Waals surface area contributed by atoms with E-state index in [1.165, 1.54) is 11.6 Å². The van der Waals surface area contributed by atoms with Gasteiger partial charge in [0, 0.05) is 48.1 Å². The molecule has 0 bridgehead atoms. The molecule has 54 heavy (non-hydrogen) atoms. The van der Waals surface area contributed by atoms with Crippen LogP contribution in [0.3, 0.4) is 0 Å². The average molecular weight is 805 g/mol. The maximum atomic E-state index is 15.5. The van der Waals surface area contributed by atoms with Gasteiger partial charge in [-0.15, -0.1) is 23.1 Å². The molecule has 3 aliphatic heterocycles. The molecule has 1 unspecified atom stereocenters. The molecule has 7 rings (SSSR count). The molecule has 3 atom stereocenters. The van der Waals surface area contributed by atoms with Crippen molar-refractivity contribution in [3.63, 3.8) is 0 Å². The van der Waals surface area contributed by atoms with E-state index in [0.717, 1.165) is 46.9 Å². The van der Waals surface area contributed by atoms with Crippen LogP contribution in [0, 0.1) is 5.82 Å². The van der Waals surface area contributed by atoms with Crippen LogP contribution in [0.2, 0.25) is 5.02 Å². The summed E-state index contributed by atoms with van der Waals surface area (Å²) in [5, 5.41) is 25.5. The maximum absolute atomic E-state index is 15.5. The number of ether oxygens (including phenoxy) is 1. The molecule has 3 aromatic rings. The second kappa shape index (κ2) is 14.5. The fourth-order valence-electron chi connectivity index (χ4n) is 6.49. The minimum Gasteiger partial charge on any atom is -0.479 e. The van der Waals surface area contributed by atoms with Gasteiger partial charge >= 0.3 is 17.9 Å². The summed E-state index contributed by atoms with van der Waals surface area (Å²) in [4.78, 5) is 88.2. The number of β-lactam (4-membered cyclic amide) rings is 1. The van der Waals surface area contributed by atoms with Crippen LogP contribution in [0.4, 0.5) is 15.2 Å². The van der Waals surface area contributed by atoms with E-state index in [0.29, 0.717) is 19.5 Å². The summed E-state index contributed by atoms with van der Waals surface area (Å²) in [6, 6.07) is -0.437. The smallest absolute Gasteiger partial charge is 0.352 e. The zero-order valence-electron chi connectivity index (χ0n) is 27.8. The predicted octanol–water partition coefficient (Wildman–Crippen LogP) is 1.11. The Morgan fingerprint density at radius 3 is 2.57 bits per heavy atom. The summed E-state index contributed by atoms with van der Waals surface area (Å²) in [5.41, 5.74) is 9.94. The van der Waals surface area contributed by atoms with E-state index in [1.54, 1.807) is 9.47 Å². The number of halogens is 2. The topological polar surface area (TPSA) is 262 Å². The highest BCUT2D eigenvalue weighted by Crippen LogP contribution is 2.43. The largest absolute Gasteiger partial charge is 0.479 e. The highest BCUT2D eigenvalue weighted by Gasteiger charge is 2.54. The van der Waals surface area contributed by atoms with Crippen LogP contribution in [0.25, 0.3) is 10.9 Å². The molecule has 1 aromatic carbocycles. The van der Waals surface area contributed by atoms with Gasteiger partial charge in [0.05, 0.1) is 21.6 Å². The third-order valence-electron chi connectivity index (χ3n) is 9.12. The molecular formula is C32H30ClFN8O10S2. The number of nitrogens with one attached hydrogen (secondary N) is 1. The Bertz CT molecular complexity index is 2260. The molecular weight excluding hydrogens is 775 g/mol. The first kappa shape index (κ1) is 37.1. The first-order chi connectivity index (χ1) is 25.7. The lowest BCUT2D eigenvalue weighted by molar-refractivity contribution is -0.150. The van der Waals surface area contributed by atoms with Crippen molar-refractivity contribution >= 4 is 91.9 Å². The van der Waals surface area contributed by atoms with E-state index >= 15 is 4.39 Å². The number of rotatable bonds is 12. The van der Waals surface area contributed by atoms with Gasteiger partial charge < -0.3 is 46.0 Å². The third kappa shape index (κ3) is 6.82. The van der Waals surface area contributed by atoms with Crippen LogP contribution in [0.15, 0.2) is 38.9 Å². The number of aliphatic carboxylic acids is 2. The molecule has 18 nitrogen and oxygen atoms in total. The van der Waals surface area contributed by atoms with Crippen molar-refractivity contribution in [2.75, 3.05) is 42.7 Å². The number of pyridine rings is 1. The molecule has 5 heterocycles. The van der Waals surface area contributed by atoms with Crippen molar-refractivity contribution < 1.29 is 48.2 Å². The number of thioether (sulfide) groups is 1. The van der Waals surface area contributed by atoms with Gasteiger partial charge in [0.2, 0.25) is 12.0 Å². The number of carboxylic acid groups (broad SMARTS) is 2. The summed E-state index contributed by atoms with van der Waals surface area (Å²) in [7, 11) is 0. The molecule has 2 aromatic heterocycles. The predicted molar refractivity (Wildman–Crippen MR) is 193 cm³/mol. The van der Waals surface area contributed by atoms with Crippen molar-refractivity contribution in [3.8, 4) is 0 Å². The van der Waals surface area contributed by atoms with E-state index < -0.39 is 82.6 Å². The monoisotopic (exact) mass is 804 g/mol. The van der Waals surface area contributed by atoms with Gasteiger partial charge in [-0.1, -0.05) is 16.8 Å². The van der Waals surface area contributed by atoms with E-state index in [4.69, 9.17) is 37.7 Å². The molecule has 2 amide bonds. The van der Waals surface area contributed by atoms with Crippen molar-refractivity contribution in [1.29, 1.82) is 0 Å². The number of carboxylic acids is 2. The van der Waals surface area contributed by atoms with Gasteiger partial charge in [-0.3, -0.25) is 19.3 Å². The number of amides is 2. The molecule has 3 fully saturated rings. The lowest BCUT2D eigenvalue weighted by Crippen LogP contribution is -2.71. The van der Waals surface area contributed by atoms with E-state index in [-0.39, 0.29) is 55.8 Å². The van der Waals surface area contributed by atoms with Crippen LogP contribution in [0.1, 0.15) is 41.4 Å². The molecule has 0 spiro atoms. The van der Waals surface area contributed by atoms with Crippen LogP contribution in [-0.4, -0.2) is 110 Å². The Balaban J connectivity index is 1.10. The number of aromatic nitrogens is 2. The highest BCUT2D eigenvalue weighted by atomic mass is 35.5. The van der Waals surface area contributed by atoms with E-state index in [1.807, 2.05) is 0 Å². The van der Waals surface area contributed by atoms with Gasteiger partial charge in [0.25, 0.3) is 11.8 Å². The van der Waals surface area contributed by atoms with Crippen LogP contribution < -0.4 is 27.1 Å². The number of hydrogen-bond donors (Lipinski definition) is 5. The number of benzene rings is 1. The second-order valence-electron chi connectivity index (χ2n) is 12.8. The lowest BCUT2D eigenvalue weighted by atomic mass is 10.0. The number of esters is 1. The van der Waals surface area contributed by atoms with Crippen molar-refractivity contribution in [1.82, 2.24) is 19.8 Å². The Labute approximate surface area is 316 Å². The number of thiazole rings is 1. The Hall–Kier alpha value is -5.25. The second-order valence-corrected chi connectivity index (χ2v) is 15.2. The summed E-state index contributed by atoms with van der Waals surface area (Å²) in [5.74, 6) is -6.52. The fraction of sp³-hybridized carbons (Fsp3) is 0.375. The lowest BCUT2D eigenvalue weighted by Gasteiger charge is -2.49. The normalized spacial score (nSPS) is 21.2. The summed E-state index contributed by atoms with van der Waals surface area (Å²) >= 11 is 8.81. The van der Waals surface area contributed by atoms with Crippen LogP contribution in [0.5, 0.6) is 0 Å². The fourth-order valence-corrected chi connectivity index (χ4v) is 8.77. The molecule has 7 N–H and O–H groups in total. The van der Waals surface area contributed by atoms with Gasteiger partial charge in [-0.25, -0.2) is 23.8 Å². The number of fused-ring (bicyclic) bond motifs is 2. The van der Waals surface area contributed by atoms with Gasteiger partial charge in [-0.05, 0) is 25.3 Å². The van der Waals surface area contributed by atoms with Gasteiger partial charge in [0.1, 0.15) is 40.8 Å². The quantitative estimate of drug-likeness (QED) is 0.0743. The molecule has 1 aliphatic carbocycles.